The summed E-state index contributed by atoms with van der Waals surface area (Å²) in [6.45, 7) is 2.55. The van der Waals surface area contributed by atoms with E-state index in [1.54, 1.807) is 6.92 Å². The Kier molecular flexibility index (Phi) is 7.08. The predicted octanol–water partition coefficient (Wildman–Crippen LogP) is 2.47. The van der Waals surface area contributed by atoms with Crippen LogP contribution >= 0.6 is 0 Å². The molecule has 0 spiro atoms. The number of anilines is 1. The van der Waals surface area contributed by atoms with Gasteiger partial charge in [-0.05, 0) is 38.3 Å². The van der Waals surface area contributed by atoms with Gasteiger partial charge in [-0.3, -0.25) is 4.79 Å². The highest BCUT2D eigenvalue weighted by Gasteiger charge is 2.11. The van der Waals surface area contributed by atoms with Crippen molar-refractivity contribution in [2.75, 3.05) is 18.9 Å². The molecule has 3 N–H and O–H groups in total. The number of carbonyl (C=O) groups excluding carboxylic acids is 1. The van der Waals surface area contributed by atoms with E-state index in [9.17, 15) is 9.59 Å². The molecule has 21 heavy (non-hydrogen) atoms. The molecule has 116 valence electrons. The van der Waals surface area contributed by atoms with Crippen molar-refractivity contribution < 1.29 is 24.2 Å². The summed E-state index contributed by atoms with van der Waals surface area (Å²) in [5.41, 5.74) is 6.17. The highest BCUT2D eigenvalue weighted by molar-refractivity contribution is 5.91. The quantitative estimate of drug-likeness (QED) is 0.412. The summed E-state index contributed by atoms with van der Waals surface area (Å²) in [6, 6.07) is 4.45. The van der Waals surface area contributed by atoms with Crippen LogP contribution in [0.2, 0.25) is 0 Å². The van der Waals surface area contributed by atoms with E-state index >= 15 is 0 Å². The predicted molar refractivity (Wildman–Crippen MR) is 78.4 cm³/mol. The number of nitrogens with two attached hydrogens (primary N) is 1. The van der Waals surface area contributed by atoms with Crippen molar-refractivity contribution in [2.45, 2.75) is 32.6 Å². The molecular formula is C15H21NO5. The van der Waals surface area contributed by atoms with E-state index in [-0.39, 0.29) is 17.3 Å². The lowest BCUT2D eigenvalue weighted by Gasteiger charge is -2.09. The van der Waals surface area contributed by atoms with Crippen molar-refractivity contribution in [2.24, 2.45) is 0 Å². The van der Waals surface area contributed by atoms with E-state index in [2.05, 4.69) is 0 Å². The third-order valence-electron chi connectivity index (χ3n) is 2.82. The Hall–Kier alpha value is -2.24. The molecule has 0 radical (unpaired) electrons. The number of benzene rings is 1. The smallest absolute Gasteiger partial charge is 0.339 e. The van der Waals surface area contributed by atoms with Crippen molar-refractivity contribution in [1.29, 1.82) is 0 Å². The number of carboxylic acids is 1. The molecule has 6 nitrogen and oxygen atoms in total. The minimum Gasteiger partial charge on any atom is -0.493 e. The number of hydrogen-bond acceptors (Lipinski definition) is 5. The number of hydrogen-bond donors (Lipinski definition) is 2. The lowest BCUT2D eigenvalue weighted by molar-refractivity contribution is -0.143. The van der Waals surface area contributed by atoms with Gasteiger partial charge in [0.1, 0.15) is 11.3 Å². The monoisotopic (exact) mass is 295 g/mol. The zero-order valence-electron chi connectivity index (χ0n) is 12.1. The molecule has 1 aromatic rings. The average Bonchev–Trinajstić information content (AvgIpc) is 2.42. The number of unbranched alkanes of at least 4 members (excludes halogenated alkanes) is 2. The van der Waals surface area contributed by atoms with Gasteiger partial charge in [-0.25, -0.2) is 4.79 Å². The van der Waals surface area contributed by atoms with Gasteiger partial charge in [0.25, 0.3) is 0 Å². The molecule has 0 amide bonds. The van der Waals surface area contributed by atoms with E-state index in [0.717, 1.165) is 19.3 Å². The van der Waals surface area contributed by atoms with Crippen LogP contribution in [0.3, 0.4) is 0 Å². The summed E-state index contributed by atoms with van der Waals surface area (Å²) in [5.74, 6) is -0.970. The summed E-state index contributed by atoms with van der Waals surface area (Å²) in [6.07, 6.45) is 2.66. The molecule has 0 saturated heterocycles. The van der Waals surface area contributed by atoms with Gasteiger partial charge >= 0.3 is 11.9 Å². The maximum absolute atomic E-state index is 11.1. The lowest BCUT2D eigenvalue weighted by atomic mass is 10.2. The van der Waals surface area contributed by atoms with Crippen LogP contribution in [0.1, 0.15) is 43.0 Å². The summed E-state index contributed by atoms with van der Waals surface area (Å²) in [7, 11) is 0. The zero-order valence-corrected chi connectivity index (χ0v) is 12.1. The molecule has 0 bridgehead atoms. The lowest BCUT2D eigenvalue weighted by Crippen LogP contribution is -2.06. The van der Waals surface area contributed by atoms with Crippen LogP contribution in [-0.4, -0.2) is 30.3 Å². The van der Waals surface area contributed by atoms with Crippen molar-refractivity contribution in [3.63, 3.8) is 0 Å². The Morgan fingerprint density at radius 3 is 2.67 bits per heavy atom. The van der Waals surface area contributed by atoms with Crippen LogP contribution in [0.5, 0.6) is 5.75 Å². The molecule has 0 aromatic heterocycles. The Morgan fingerprint density at radius 2 is 2.00 bits per heavy atom. The van der Waals surface area contributed by atoms with Crippen molar-refractivity contribution >= 4 is 17.6 Å². The summed E-state index contributed by atoms with van der Waals surface area (Å²) < 4.78 is 10.3. The van der Waals surface area contributed by atoms with E-state index in [0.29, 0.717) is 25.3 Å². The Bertz CT molecular complexity index is 487. The van der Waals surface area contributed by atoms with Gasteiger partial charge in [0.05, 0.1) is 13.2 Å². The van der Waals surface area contributed by atoms with Crippen LogP contribution in [-0.2, 0) is 9.53 Å². The minimum absolute atomic E-state index is 0.0933. The fourth-order valence-corrected chi connectivity index (χ4v) is 1.80. The number of carbonyl (C=O) groups is 2. The molecule has 0 saturated carbocycles. The molecule has 1 aromatic carbocycles. The number of ether oxygens (including phenoxy) is 2. The summed E-state index contributed by atoms with van der Waals surface area (Å²) >= 11 is 0. The highest BCUT2D eigenvalue weighted by atomic mass is 16.5. The van der Waals surface area contributed by atoms with Gasteiger partial charge in [-0.2, -0.15) is 0 Å². The third-order valence-corrected chi connectivity index (χ3v) is 2.82. The zero-order chi connectivity index (χ0) is 15.7. The van der Waals surface area contributed by atoms with E-state index in [1.807, 2.05) is 0 Å². The molecule has 0 fully saturated rings. The molecule has 0 unspecified atom stereocenters. The Labute approximate surface area is 123 Å². The standard InChI is InChI=1S/C15H21NO5/c1-2-20-14(17)6-4-3-5-9-21-13-10-11(16)7-8-12(13)15(18)19/h7-8,10H,2-6,9,16H2,1H3,(H,18,19). The normalized spacial score (nSPS) is 10.1. The van der Waals surface area contributed by atoms with E-state index in [4.69, 9.17) is 20.3 Å². The van der Waals surface area contributed by atoms with Crippen LogP contribution in [0.25, 0.3) is 0 Å². The number of nitrogen functional groups attached to an aromatic ring is 1. The van der Waals surface area contributed by atoms with Crippen molar-refractivity contribution in [1.82, 2.24) is 0 Å². The van der Waals surface area contributed by atoms with Crippen molar-refractivity contribution in [3.05, 3.63) is 23.8 Å². The highest BCUT2D eigenvalue weighted by Crippen LogP contribution is 2.22. The molecule has 0 heterocycles. The molecule has 0 atom stereocenters. The van der Waals surface area contributed by atoms with Crippen LogP contribution < -0.4 is 10.5 Å². The van der Waals surface area contributed by atoms with E-state index < -0.39 is 5.97 Å². The topological polar surface area (TPSA) is 98.9 Å². The maximum atomic E-state index is 11.1. The minimum atomic E-state index is -1.05. The maximum Gasteiger partial charge on any atom is 0.339 e. The number of esters is 1. The van der Waals surface area contributed by atoms with Gasteiger partial charge < -0.3 is 20.3 Å². The largest absolute Gasteiger partial charge is 0.493 e. The first-order valence-electron chi connectivity index (χ1n) is 6.95. The summed E-state index contributed by atoms with van der Waals surface area (Å²) in [5, 5.41) is 9.04. The average molecular weight is 295 g/mol. The van der Waals surface area contributed by atoms with Crippen LogP contribution in [0.4, 0.5) is 5.69 Å². The van der Waals surface area contributed by atoms with Gasteiger partial charge in [0.15, 0.2) is 0 Å². The van der Waals surface area contributed by atoms with E-state index in [1.165, 1.54) is 18.2 Å². The molecule has 0 aliphatic heterocycles. The number of aromatic carboxylic acids is 1. The van der Waals surface area contributed by atoms with Gasteiger partial charge in [0, 0.05) is 18.2 Å². The van der Waals surface area contributed by atoms with Crippen molar-refractivity contribution in [3.8, 4) is 5.75 Å². The first-order chi connectivity index (χ1) is 10.0. The molecule has 0 aliphatic rings. The molecular weight excluding hydrogens is 274 g/mol. The fraction of sp³-hybridized carbons (Fsp3) is 0.467. The Balaban J connectivity index is 2.31. The molecule has 6 heteroatoms. The van der Waals surface area contributed by atoms with Gasteiger partial charge in [-0.1, -0.05) is 0 Å². The second-order valence-corrected chi connectivity index (χ2v) is 4.52. The van der Waals surface area contributed by atoms with Crippen LogP contribution in [0, 0.1) is 0 Å². The van der Waals surface area contributed by atoms with Gasteiger partial charge in [-0.15, -0.1) is 0 Å². The molecule has 0 aliphatic carbocycles. The van der Waals surface area contributed by atoms with Crippen LogP contribution in [0.15, 0.2) is 18.2 Å². The number of carboxylic acid groups (broad SMARTS) is 1. The number of rotatable bonds is 9. The SMILES string of the molecule is CCOC(=O)CCCCCOc1cc(N)ccc1C(=O)O. The Morgan fingerprint density at radius 1 is 1.24 bits per heavy atom. The first-order valence-corrected chi connectivity index (χ1v) is 6.95. The van der Waals surface area contributed by atoms with Gasteiger partial charge in [0.2, 0.25) is 0 Å². The fourth-order valence-electron chi connectivity index (χ4n) is 1.80. The second-order valence-electron chi connectivity index (χ2n) is 4.52. The molecule has 1 rings (SSSR count). The third kappa shape index (κ3) is 6.16. The first kappa shape index (κ1) is 16.8. The summed E-state index contributed by atoms with van der Waals surface area (Å²) in [4.78, 5) is 22.2. The second kappa shape index (κ2) is 8.84.